The van der Waals surface area contributed by atoms with Crippen molar-refractivity contribution in [2.75, 3.05) is 31.1 Å². The predicted molar refractivity (Wildman–Crippen MR) is 92.9 cm³/mol. The number of anilines is 1. The number of nitrogens with one attached hydrogen (secondary N) is 1. The van der Waals surface area contributed by atoms with E-state index < -0.39 is 0 Å². The van der Waals surface area contributed by atoms with E-state index >= 15 is 0 Å². The van der Waals surface area contributed by atoms with Crippen LogP contribution in [0.3, 0.4) is 0 Å². The number of amides is 2. The first-order valence-corrected chi connectivity index (χ1v) is 7.94. The number of halogens is 1. The number of carbonyl (C=O) groups excluding carboxylic acids is 2. The molecule has 2 atom stereocenters. The van der Waals surface area contributed by atoms with Crippen LogP contribution in [-0.4, -0.2) is 48.9 Å². The monoisotopic (exact) mass is 337 g/mol. The summed E-state index contributed by atoms with van der Waals surface area (Å²) in [6.45, 7) is 6.89. The molecular weight excluding hydrogens is 314 g/mol. The van der Waals surface area contributed by atoms with Crippen LogP contribution in [0.5, 0.6) is 0 Å². The minimum absolute atomic E-state index is 0. The van der Waals surface area contributed by atoms with E-state index in [2.05, 4.69) is 12.2 Å². The van der Waals surface area contributed by atoms with Crippen LogP contribution in [0.25, 0.3) is 0 Å². The molecule has 0 saturated carbocycles. The van der Waals surface area contributed by atoms with Gasteiger partial charge in [-0.2, -0.15) is 0 Å². The Morgan fingerprint density at radius 3 is 2.57 bits per heavy atom. The van der Waals surface area contributed by atoms with Gasteiger partial charge in [0.2, 0.25) is 11.8 Å². The van der Waals surface area contributed by atoms with Gasteiger partial charge in [-0.15, -0.1) is 12.4 Å². The quantitative estimate of drug-likeness (QED) is 0.891. The molecule has 2 aliphatic heterocycles. The molecule has 2 fully saturated rings. The summed E-state index contributed by atoms with van der Waals surface area (Å²) in [5, 5.41) is 3.33. The first-order valence-electron chi connectivity index (χ1n) is 7.94. The van der Waals surface area contributed by atoms with E-state index in [-0.39, 0.29) is 30.1 Å². The zero-order chi connectivity index (χ0) is 15.7. The average Bonchev–Trinajstić information content (AvgIpc) is 2.89. The number of piperazine rings is 1. The van der Waals surface area contributed by atoms with Gasteiger partial charge in [0, 0.05) is 44.3 Å². The van der Waals surface area contributed by atoms with Gasteiger partial charge in [0.15, 0.2) is 0 Å². The number of rotatable bonds is 2. The Balaban J connectivity index is 0.00000192. The summed E-state index contributed by atoms with van der Waals surface area (Å²) in [6, 6.07) is 8.22. The number of benzene rings is 1. The lowest BCUT2D eigenvalue weighted by Gasteiger charge is -2.33. The van der Waals surface area contributed by atoms with Crippen LogP contribution in [0, 0.1) is 12.8 Å². The summed E-state index contributed by atoms with van der Waals surface area (Å²) in [7, 11) is 0. The Kier molecular flexibility index (Phi) is 5.65. The lowest BCUT2D eigenvalue weighted by Crippen LogP contribution is -2.53. The van der Waals surface area contributed by atoms with Crippen LogP contribution < -0.4 is 10.2 Å². The fourth-order valence-corrected chi connectivity index (χ4v) is 3.24. The first kappa shape index (κ1) is 17.8. The fraction of sp³-hybridized carbons (Fsp3) is 0.529. The summed E-state index contributed by atoms with van der Waals surface area (Å²) >= 11 is 0. The van der Waals surface area contributed by atoms with E-state index in [9.17, 15) is 9.59 Å². The highest BCUT2D eigenvalue weighted by molar-refractivity contribution is 6.00. The molecule has 3 rings (SSSR count). The van der Waals surface area contributed by atoms with Crippen LogP contribution in [0.2, 0.25) is 0 Å². The number of aryl methyl sites for hydroxylation is 1. The van der Waals surface area contributed by atoms with Gasteiger partial charge in [-0.05, 0) is 26.0 Å². The van der Waals surface area contributed by atoms with E-state index in [1.807, 2.05) is 36.1 Å². The Labute approximate surface area is 143 Å². The highest BCUT2D eigenvalue weighted by atomic mass is 35.5. The molecule has 0 aliphatic carbocycles. The topological polar surface area (TPSA) is 52.7 Å². The van der Waals surface area contributed by atoms with Gasteiger partial charge in [-0.3, -0.25) is 9.59 Å². The van der Waals surface area contributed by atoms with Gasteiger partial charge in [-0.25, -0.2) is 0 Å². The van der Waals surface area contributed by atoms with Crippen molar-refractivity contribution in [1.82, 2.24) is 10.2 Å². The molecule has 0 spiro atoms. The zero-order valence-electron chi connectivity index (χ0n) is 13.6. The molecule has 1 aromatic rings. The van der Waals surface area contributed by atoms with Crippen molar-refractivity contribution in [3.05, 3.63) is 29.8 Å². The molecule has 0 aromatic heterocycles. The van der Waals surface area contributed by atoms with Crippen molar-refractivity contribution in [3.63, 3.8) is 0 Å². The maximum absolute atomic E-state index is 12.6. The van der Waals surface area contributed by atoms with Gasteiger partial charge < -0.3 is 15.1 Å². The summed E-state index contributed by atoms with van der Waals surface area (Å²) in [4.78, 5) is 28.6. The van der Waals surface area contributed by atoms with Gasteiger partial charge in [0.1, 0.15) is 0 Å². The van der Waals surface area contributed by atoms with Crippen LogP contribution in [0.1, 0.15) is 18.9 Å². The van der Waals surface area contributed by atoms with E-state index in [0.29, 0.717) is 19.0 Å². The van der Waals surface area contributed by atoms with Crippen LogP contribution in [0.4, 0.5) is 5.69 Å². The molecule has 2 amide bonds. The summed E-state index contributed by atoms with van der Waals surface area (Å²) in [5.74, 6) is -0.0409. The van der Waals surface area contributed by atoms with Crippen molar-refractivity contribution < 1.29 is 9.59 Å². The minimum Gasteiger partial charge on any atom is -0.340 e. The molecule has 6 heteroatoms. The Morgan fingerprint density at radius 2 is 1.91 bits per heavy atom. The number of nitrogens with zero attached hydrogens (tertiary/aromatic N) is 2. The van der Waals surface area contributed by atoms with E-state index in [4.69, 9.17) is 0 Å². The minimum atomic E-state index is -0.209. The SMILES string of the molecule is Cc1ccc(N2CC(C(=O)N3CCNC(C)C3)CC2=O)cc1.Cl. The standard InChI is InChI=1S/C17H23N3O2.ClH/c1-12-3-5-15(6-4-12)20-11-14(9-16(20)21)17(22)19-8-7-18-13(2)10-19;/h3-6,13-14,18H,7-11H2,1-2H3;1H. The molecule has 2 heterocycles. The van der Waals surface area contributed by atoms with Crippen molar-refractivity contribution in [1.29, 1.82) is 0 Å². The second-order valence-electron chi connectivity index (χ2n) is 6.38. The van der Waals surface area contributed by atoms with E-state index in [1.54, 1.807) is 4.90 Å². The summed E-state index contributed by atoms with van der Waals surface area (Å²) in [5.41, 5.74) is 2.05. The molecule has 0 radical (unpaired) electrons. The summed E-state index contributed by atoms with van der Waals surface area (Å²) in [6.07, 6.45) is 0.324. The second kappa shape index (κ2) is 7.32. The number of hydrogen-bond donors (Lipinski definition) is 1. The zero-order valence-corrected chi connectivity index (χ0v) is 14.4. The predicted octanol–water partition coefficient (Wildman–Crippen LogP) is 1.59. The van der Waals surface area contributed by atoms with Crippen molar-refractivity contribution in [2.24, 2.45) is 5.92 Å². The van der Waals surface area contributed by atoms with Gasteiger partial charge >= 0.3 is 0 Å². The number of hydrogen-bond acceptors (Lipinski definition) is 3. The van der Waals surface area contributed by atoms with E-state index in [0.717, 1.165) is 30.9 Å². The molecule has 5 nitrogen and oxygen atoms in total. The Morgan fingerprint density at radius 1 is 1.22 bits per heavy atom. The second-order valence-corrected chi connectivity index (χ2v) is 6.38. The summed E-state index contributed by atoms with van der Waals surface area (Å²) < 4.78 is 0. The smallest absolute Gasteiger partial charge is 0.228 e. The Hall–Kier alpha value is -1.59. The fourth-order valence-electron chi connectivity index (χ4n) is 3.24. The maximum Gasteiger partial charge on any atom is 0.228 e. The normalized spacial score (nSPS) is 24.5. The maximum atomic E-state index is 12.6. The molecule has 126 valence electrons. The van der Waals surface area contributed by atoms with Crippen molar-refractivity contribution >= 4 is 29.9 Å². The lowest BCUT2D eigenvalue weighted by molar-refractivity contribution is -0.136. The van der Waals surface area contributed by atoms with Crippen LogP contribution >= 0.6 is 12.4 Å². The Bertz CT molecular complexity index is 576. The molecule has 0 bridgehead atoms. The lowest BCUT2D eigenvalue weighted by atomic mass is 10.1. The molecule has 2 saturated heterocycles. The van der Waals surface area contributed by atoms with Gasteiger partial charge in [-0.1, -0.05) is 17.7 Å². The third-order valence-corrected chi connectivity index (χ3v) is 4.50. The third-order valence-electron chi connectivity index (χ3n) is 4.50. The van der Waals surface area contributed by atoms with Crippen LogP contribution in [-0.2, 0) is 9.59 Å². The van der Waals surface area contributed by atoms with Gasteiger partial charge in [0.25, 0.3) is 0 Å². The highest BCUT2D eigenvalue weighted by Gasteiger charge is 2.37. The van der Waals surface area contributed by atoms with Crippen LogP contribution in [0.15, 0.2) is 24.3 Å². The molecule has 1 N–H and O–H groups in total. The molecule has 23 heavy (non-hydrogen) atoms. The molecule has 1 aromatic carbocycles. The molecular formula is C17H24ClN3O2. The largest absolute Gasteiger partial charge is 0.340 e. The third kappa shape index (κ3) is 3.85. The molecule has 2 aliphatic rings. The van der Waals surface area contributed by atoms with Gasteiger partial charge in [0.05, 0.1) is 5.92 Å². The van der Waals surface area contributed by atoms with Crippen molar-refractivity contribution in [2.45, 2.75) is 26.3 Å². The molecule has 2 unspecified atom stereocenters. The highest BCUT2D eigenvalue weighted by Crippen LogP contribution is 2.26. The number of carbonyl (C=O) groups is 2. The van der Waals surface area contributed by atoms with Crippen molar-refractivity contribution in [3.8, 4) is 0 Å². The first-order chi connectivity index (χ1) is 10.5. The average molecular weight is 338 g/mol. The van der Waals surface area contributed by atoms with E-state index in [1.165, 1.54) is 0 Å².